The number of aromatic nitrogens is 2. The van der Waals surface area contributed by atoms with Gasteiger partial charge in [0.1, 0.15) is 11.5 Å². The molecule has 0 saturated heterocycles. The van der Waals surface area contributed by atoms with E-state index in [4.69, 9.17) is 25.6 Å². The topological polar surface area (TPSA) is 86.5 Å². The number of ether oxygens (including phenoxy) is 2. The van der Waals surface area contributed by atoms with Crippen LogP contribution in [0.2, 0.25) is 5.02 Å². The molecule has 146 valence electrons. The molecule has 1 heterocycles. The third-order valence-electron chi connectivity index (χ3n) is 4.04. The molecule has 3 aromatic rings. The van der Waals surface area contributed by atoms with Crippen LogP contribution in [0, 0.1) is 6.92 Å². The molecule has 0 aliphatic rings. The maximum Gasteiger partial charge on any atom is 0.261 e. The summed E-state index contributed by atoms with van der Waals surface area (Å²) < 4.78 is 16.0. The number of nitrogens with zero attached hydrogens (tertiary/aromatic N) is 2. The number of methoxy groups -OCH3 is 1. The van der Waals surface area contributed by atoms with Gasteiger partial charge in [0.25, 0.3) is 5.91 Å². The van der Waals surface area contributed by atoms with Crippen molar-refractivity contribution in [3.8, 4) is 22.9 Å². The zero-order valence-corrected chi connectivity index (χ0v) is 16.5. The Hall–Kier alpha value is -3.06. The summed E-state index contributed by atoms with van der Waals surface area (Å²) in [6, 6.07) is 12.5. The molecular weight excluding hydrogens is 382 g/mol. The first-order chi connectivity index (χ1) is 13.5. The summed E-state index contributed by atoms with van der Waals surface area (Å²) in [7, 11) is 1.60. The molecule has 2 aromatic carbocycles. The van der Waals surface area contributed by atoms with Gasteiger partial charge in [0.05, 0.1) is 13.7 Å². The monoisotopic (exact) mass is 401 g/mol. The van der Waals surface area contributed by atoms with Crippen LogP contribution in [0.25, 0.3) is 11.4 Å². The van der Waals surface area contributed by atoms with Gasteiger partial charge in [-0.1, -0.05) is 16.8 Å². The Morgan fingerprint density at radius 3 is 2.61 bits per heavy atom. The van der Waals surface area contributed by atoms with Crippen LogP contribution in [0.4, 0.5) is 0 Å². The third kappa shape index (κ3) is 4.80. The first-order valence-electron chi connectivity index (χ1n) is 8.64. The van der Waals surface area contributed by atoms with E-state index in [9.17, 15) is 4.79 Å². The molecule has 0 aliphatic heterocycles. The van der Waals surface area contributed by atoms with Crippen molar-refractivity contribution in [3.63, 3.8) is 0 Å². The highest BCUT2D eigenvalue weighted by atomic mass is 35.5. The predicted octanol–water partition coefficient (Wildman–Crippen LogP) is 3.79. The Balaban J connectivity index is 1.55. The standard InChI is InChI=1S/C20H20ClN3O4/c1-12-10-16(8-9-17(12)21)27-13(2)20(25)22-11-18-23-19(24-28-18)14-4-6-15(26-3)7-5-14/h4-10,13H,11H2,1-3H3,(H,22,25)/t13-/m1/s1. The smallest absolute Gasteiger partial charge is 0.261 e. The lowest BCUT2D eigenvalue weighted by molar-refractivity contribution is -0.127. The van der Waals surface area contributed by atoms with Crippen molar-refractivity contribution in [1.29, 1.82) is 0 Å². The van der Waals surface area contributed by atoms with E-state index < -0.39 is 6.10 Å². The molecule has 0 fully saturated rings. The number of benzene rings is 2. The summed E-state index contributed by atoms with van der Waals surface area (Å²) in [5.41, 5.74) is 1.67. The van der Waals surface area contributed by atoms with Gasteiger partial charge < -0.3 is 19.3 Å². The van der Waals surface area contributed by atoms with Crippen LogP contribution in [0.3, 0.4) is 0 Å². The van der Waals surface area contributed by atoms with Gasteiger partial charge in [0.2, 0.25) is 11.7 Å². The van der Waals surface area contributed by atoms with E-state index >= 15 is 0 Å². The molecular formula is C20H20ClN3O4. The van der Waals surface area contributed by atoms with E-state index in [1.807, 2.05) is 31.2 Å². The minimum atomic E-state index is -0.690. The second-order valence-electron chi connectivity index (χ2n) is 6.13. The highest BCUT2D eigenvalue weighted by molar-refractivity contribution is 6.31. The Morgan fingerprint density at radius 1 is 1.21 bits per heavy atom. The molecule has 7 nitrogen and oxygen atoms in total. The Labute approximate surface area is 167 Å². The SMILES string of the molecule is COc1ccc(-c2noc(CNC(=O)[C@@H](C)Oc3ccc(Cl)c(C)c3)n2)cc1. The van der Waals surface area contributed by atoms with Gasteiger partial charge in [-0.3, -0.25) is 4.79 Å². The van der Waals surface area contributed by atoms with Crippen LogP contribution in [0.1, 0.15) is 18.4 Å². The van der Waals surface area contributed by atoms with Crippen molar-refractivity contribution in [2.75, 3.05) is 7.11 Å². The normalized spacial score (nSPS) is 11.7. The summed E-state index contributed by atoms with van der Waals surface area (Å²) in [4.78, 5) is 16.5. The van der Waals surface area contributed by atoms with Gasteiger partial charge in [-0.15, -0.1) is 0 Å². The summed E-state index contributed by atoms with van der Waals surface area (Å²) in [6.07, 6.45) is -0.690. The lowest BCUT2D eigenvalue weighted by Crippen LogP contribution is -2.36. The average Bonchev–Trinajstić information content (AvgIpc) is 3.18. The number of carbonyl (C=O) groups is 1. The second-order valence-corrected chi connectivity index (χ2v) is 6.54. The third-order valence-corrected chi connectivity index (χ3v) is 4.47. The fraction of sp³-hybridized carbons (Fsp3) is 0.250. The van der Waals surface area contributed by atoms with E-state index in [0.717, 1.165) is 16.9 Å². The molecule has 8 heteroatoms. The quantitative estimate of drug-likeness (QED) is 0.648. The van der Waals surface area contributed by atoms with Crippen molar-refractivity contribution in [2.45, 2.75) is 26.5 Å². The van der Waals surface area contributed by atoms with Crippen LogP contribution < -0.4 is 14.8 Å². The van der Waals surface area contributed by atoms with Crippen LogP contribution in [0.15, 0.2) is 47.0 Å². The molecule has 1 atom stereocenters. The zero-order chi connectivity index (χ0) is 20.1. The summed E-state index contributed by atoms with van der Waals surface area (Å²) in [5, 5.41) is 7.30. The molecule has 0 bridgehead atoms. The van der Waals surface area contributed by atoms with Gasteiger partial charge in [-0.2, -0.15) is 4.98 Å². The summed E-state index contributed by atoms with van der Waals surface area (Å²) >= 11 is 5.99. The maximum atomic E-state index is 12.3. The first-order valence-corrected chi connectivity index (χ1v) is 9.01. The molecule has 1 aromatic heterocycles. The largest absolute Gasteiger partial charge is 0.497 e. The molecule has 3 rings (SSSR count). The van der Waals surface area contributed by atoms with E-state index in [2.05, 4.69) is 15.5 Å². The molecule has 0 unspecified atom stereocenters. The fourth-order valence-corrected chi connectivity index (χ4v) is 2.56. The summed E-state index contributed by atoms with van der Waals surface area (Å²) in [6.45, 7) is 3.64. The molecule has 1 amide bonds. The Bertz CT molecular complexity index is 956. The summed E-state index contributed by atoms with van der Waals surface area (Å²) in [5.74, 6) is 1.76. The van der Waals surface area contributed by atoms with Crippen LogP contribution in [-0.2, 0) is 11.3 Å². The molecule has 0 spiro atoms. The van der Waals surface area contributed by atoms with Crippen molar-refractivity contribution in [1.82, 2.24) is 15.5 Å². The number of hydrogen-bond donors (Lipinski definition) is 1. The van der Waals surface area contributed by atoms with Crippen LogP contribution in [0.5, 0.6) is 11.5 Å². The minimum Gasteiger partial charge on any atom is -0.497 e. The van der Waals surface area contributed by atoms with Crippen LogP contribution in [-0.4, -0.2) is 29.3 Å². The van der Waals surface area contributed by atoms with Crippen molar-refractivity contribution < 1.29 is 18.8 Å². The highest BCUT2D eigenvalue weighted by Crippen LogP contribution is 2.22. The van der Waals surface area contributed by atoms with Gasteiger partial charge >= 0.3 is 0 Å². The molecule has 0 saturated carbocycles. The Kier molecular flexibility index (Phi) is 6.16. The second kappa shape index (κ2) is 8.75. The van der Waals surface area contributed by atoms with Gasteiger partial charge in [0.15, 0.2) is 6.10 Å². The first kappa shape index (κ1) is 19.7. The fourth-order valence-electron chi connectivity index (χ4n) is 2.44. The van der Waals surface area contributed by atoms with E-state index in [1.54, 1.807) is 32.2 Å². The van der Waals surface area contributed by atoms with Crippen molar-refractivity contribution in [3.05, 3.63) is 58.9 Å². The van der Waals surface area contributed by atoms with E-state index in [-0.39, 0.29) is 12.5 Å². The molecule has 28 heavy (non-hydrogen) atoms. The number of carbonyl (C=O) groups excluding carboxylic acids is 1. The maximum absolute atomic E-state index is 12.3. The van der Waals surface area contributed by atoms with E-state index in [0.29, 0.717) is 22.5 Å². The number of amides is 1. The van der Waals surface area contributed by atoms with Crippen LogP contribution >= 0.6 is 11.6 Å². The number of halogens is 1. The molecule has 0 radical (unpaired) electrons. The van der Waals surface area contributed by atoms with Crippen molar-refractivity contribution in [2.24, 2.45) is 0 Å². The van der Waals surface area contributed by atoms with Crippen molar-refractivity contribution >= 4 is 17.5 Å². The predicted molar refractivity (Wildman–Crippen MR) is 104 cm³/mol. The lowest BCUT2D eigenvalue weighted by atomic mass is 10.2. The number of nitrogens with one attached hydrogen (secondary N) is 1. The highest BCUT2D eigenvalue weighted by Gasteiger charge is 2.16. The zero-order valence-electron chi connectivity index (χ0n) is 15.7. The molecule has 0 aliphatic carbocycles. The average molecular weight is 402 g/mol. The minimum absolute atomic E-state index is 0.106. The van der Waals surface area contributed by atoms with Gasteiger partial charge in [0, 0.05) is 10.6 Å². The van der Waals surface area contributed by atoms with Gasteiger partial charge in [-0.25, -0.2) is 0 Å². The number of hydrogen-bond acceptors (Lipinski definition) is 6. The van der Waals surface area contributed by atoms with E-state index in [1.165, 1.54) is 0 Å². The Morgan fingerprint density at radius 2 is 1.93 bits per heavy atom. The lowest BCUT2D eigenvalue weighted by Gasteiger charge is -2.14. The van der Waals surface area contributed by atoms with Gasteiger partial charge in [-0.05, 0) is 61.9 Å². The number of aryl methyl sites for hydroxylation is 1. The molecule has 1 N–H and O–H groups in total. The number of rotatable bonds is 7.